The van der Waals surface area contributed by atoms with Gasteiger partial charge in [0.15, 0.2) is 0 Å². The molecule has 2 amide bonds. The largest absolute Gasteiger partial charge is 0.497 e. The van der Waals surface area contributed by atoms with E-state index >= 15 is 0 Å². The number of fused-ring (bicyclic) bond motifs is 1. The number of methoxy groups -OCH3 is 1. The van der Waals surface area contributed by atoms with Crippen molar-refractivity contribution < 1.29 is 14.3 Å². The van der Waals surface area contributed by atoms with Crippen LogP contribution in [0.3, 0.4) is 0 Å². The zero-order valence-corrected chi connectivity index (χ0v) is 19.5. The summed E-state index contributed by atoms with van der Waals surface area (Å²) in [5.41, 5.74) is 5.40. The lowest BCUT2D eigenvalue weighted by Crippen LogP contribution is -2.40. The quantitative estimate of drug-likeness (QED) is 0.457. The van der Waals surface area contributed by atoms with Gasteiger partial charge in [-0.1, -0.05) is 42.0 Å². The standard InChI is InChI=1S/C26H27N3O3S/c1-17-3-5-19(6-4-17)15-33-16-24-26(31)29-23-13-20(9-12-22(23)28-24)25(30)27-14-18-7-10-21(32-2)11-8-18/h3-13,24,28H,14-16H2,1-2H3,(H,27,30)(H,29,31). The maximum Gasteiger partial charge on any atom is 0.251 e. The number of benzene rings is 3. The fourth-order valence-corrected chi connectivity index (χ4v) is 4.53. The summed E-state index contributed by atoms with van der Waals surface area (Å²) in [6.07, 6.45) is 0. The molecule has 0 saturated carbocycles. The number of anilines is 2. The molecule has 7 heteroatoms. The van der Waals surface area contributed by atoms with Crippen molar-refractivity contribution in [3.05, 3.63) is 89.0 Å². The Morgan fingerprint density at radius 3 is 2.45 bits per heavy atom. The molecule has 170 valence electrons. The minimum Gasteiger partial charge on any atom is -0.497 e. The topological polar surface area (TPSA) is 79.5 Å². The second-order valence-corrected chi connectivity index (χ2v) is 9.01. The summed E-state index contributed by atoms with van der Waals surface area (Å²) < 4.78 is 5.15. The van der Waals surface area contributed by atoms with Crippen LogP contribution in [0.2, 0.25) is 0 Å². The molecule has 4 rings (SSSR count). The van der Waals surface area contributed by atoms with Gasteiger partial charge in [-0.15, -0.1) is 0 Å². The Balaban J connectivity index is 1.31. The summed E-state index contributed by atoms with van der Waals surface area (Å²) in [6.45, 7) is 2.48. The molecule has 33 heavy (non-hydrogen) atoms. The highest BCUT2D eigenvalue weighted by Gasteiger charge is 2.26. The second kappa shape index (κ2) is 10.4. The third kappa shape index (κ3) is 5.87. The molecule has 1 aliphatic heterocycles. The van der Waals surface area contributed by atoms with Gasteiger partial charge < -0.3 is 20.7 Å². The van der Waals surface area contributed by atoms with Crippen LogP contribution < -0.4 is 20.7 Å². The Morgan fingerprint density at radius 2 is 1.73 bits per heavy atom. The van der Waals surface area contributed by atoms with E-state index in [-0.39, 0.29) is 17.9 Å². The van der Waals surface area contributed by atoms with Gasteiger partial charge in [0.25, 0.3) is 5.91 Å². The fourth-order valence-electron chi connectivity index (χ4n) is 3.51. The Morgan fingerprint density at radius 1 is 1.00 bits per heavy atom. The van der Waals surface area contributed by atoms with Crippen LogP contribution in [-0.2, 0) is 17.1 Å². The summed E-state index contributed by atoms with van der Waals surface area (Å²) in [5.74, 6) is 2.00. The maximum absolute atomic E-state index is 12.6. The molecule has 0 aliphatic carbocycles. The lowest BCUT2D eigenvalue weighted by Gasteiger charge is -2.27. The molecule has 0 aromatic heterocycles. The van der Waals surface area contributed by atoms with E-state index in [0.717, 1.165) is 22.8 Å². The SMILES string of the molecule is COc1ccc(CNC(=O)c2ccc3c(c2)NC(=O)C(CSCc2ccc(C)cc2)N3)cc1. The van der Waals surface area contributed by atoms with Crippen molar-refractivity contribution >= 4 is 35.0 Å². The van der Waals surface area contributed by atoms with Crippen LogP contribution in [0.1, 0.15) is 27.0 Å². The molecular formula is C26H27N3O3S. The average Bonchev–Trinajstić information content (AvgIpc) is 2.84. The number of hydrogen-bond acceptors (Lipinski definition) is 5. The summed E-state index contributed by atoms with van der Waals surface area (Å²) in [5, 5.41) is 9.15. The lowest BCUT2D eigenvalue weighted by molar-refractivity contribution is -0.116. The first kappa shape index (κ1) is 22.7. The molecule has 3 N–H and O–H groups in total. The van der Waals surface area contributed by atoms with E-state index in [1.165, 1.54) is 11.1 Å². The molecule has 1 aliphatic rings. The smallest absolute Gasteiger partial charge is 0.251 e. The monoisotopic (exact) mass is 461 g/mol. The molecule has 0 saturated heterocycles. The van der Waals surface area contributed by atoms with Crippen molar-refractivity contribution in [1.29, 1.82) is 0 Å². The van der Waals surface area contributed by atoms with Crippen molar-refractivity contribution in [3.8, 4) is 5.75 Å². The average molecular weight is 462 g/mol. The number of hydrogen-bond donors (Lipinski definition) is 3. The van der Waals surface area contributed by atoms with E-state index in [9.17, 15) is 9.59 Å². The molecule has 1 unspecified atom stereocenters. The molecule has 1 heterocycles. The van der Waals surface area contributed by atoms with E-state index in [0.29, 0.717) is 23.5 Å². The highest BCUT2D eigenvalue weighted by Crippen LogP contribution is 2.29. The molecule has 3 aromatic rings. The summed E-state index contributed by atoms with van der Waals surface area (Å²) >= 11 is 1.72. The van der Waals surface area contributed by atoms with Gasteiger partial charge in [-0.3, -0.25) is 9.59 Å². The van der Waals surface area contributed by atoms with Crippen LogP contribution in [0, 0.1) is 6.92 Å². The predicted octanol–water partition coefficient (Wildman–Crippen LogP) is 4.60. The Labute approximate surface area is 198 Å². The normalized spacial score (nSPS) is 14.6. The predicted molar refractivity (Wildman–Crippen MR) is 134 cm³/mol. The van der Waals surface area contributed by atoms with Crippen molar-refractivity contribution in [3.63, 3.8) is 0 Å². The third-order valence-corrected chi connectivity index (χ3v) is 6.58. The van der Waals surface area contributed by atoms with Gasteiger partial charge in [0.1, 0.15) is 11.8 Å². The van der Waals surface area contributed by atoms with Crippen molar-refractivity contribution in [1.82, 2.24) is 5.32 Å². The fraction of sp³-hybridized carbons (Fsp3) is 0.231. The zero-order chi connectivity index (χ0) is 23.2. The van der Waals surface area contributed by atoms with Crippen LogP contribution in [0.4, 0.5) is 11.4 Å². The van der Waals surface area contributed by atoms with E-state index in [1.54, 1.807) is 31.0 Å². The van der Waals surface area contributed by atoms with Gasteiger partial charge in [-0.2, -0.15) is 11.8 Å². The highest BCUT2D eigenvalue weighted by molar-refractivity contribution is 7.98. The van der Waals surface area contributed by atoms with Crippen LogP contribution in [0.25, 0.3) is 0 Å². The van der Waals surface area contributed by atoms with E-state index in [2.05, 4.69) is 47.1 Å². The third-order valence-electron chi connectivity index (χ3n) is 5.47. The zero-order valence-electron chi connectivity index (χ0n) is 18.7. The van der Waals surface area contributed by atoms with Gasteiger partial charge in [0, 0.05) is 23.6 Å². The van der Waals surface area contributed by atoms with E-state index < -0.39 is 0 Å². The van der Waals surface area contributed by atoms with Crippen molar-refractivity contribution in [2.45, 2.75) is 25.3 Å². The van der Waals surface area contributed by atoms with Gasteiger partial charge in [0.05, 0.1) is 18.5 Å². The number of rotatable bonds is 8. The Kier molecular flexibility index (Phi) is 7.19. The molecule has 0 bridgehead atoms. The highest BCUT2D eigenvalue weighted by atomic mass is 32.2. The number of carbonyl (C=O) groups is 2. The number of amides is 2. The van der Waals surface area contributed by atoms with Crippen molar-refractivity contribution in [2.24, 2.45) is 0 Å². The molecular weight excluding hydrogens is 434 g/mol. The van der Waals surface area contributed by atoms with Crippen molar-refractivity contribution in [2.75, 3.05) is 23.5 Å². The molecule has 3 aromatic carbocycles. The molecule has 0 fully saturated rings. The number of nitrogens with one attached hydrogen (secondary N) is 3. The van der Waals surface area contributed by atoms with Crippen LogP contribution in [0.15, 0.2) is 66.7 Å². The summed E-state index contributed by atoms with van der Waals surface area (Å²) in [4.78, 5) is 25.2. The number of thioether (sulfide) groups is 1. The minimum atomic E-state index is -0.317. The van der Waals surface area contributed by atoms with Gasteiger partial charge in [-0.25, -0.2) is 0 Å². The Hall–Kier alpha value is -3.45. The molecule has 1 atom stereocenters. The molecule has 6 nitrogen and oxygen atoms in total. The molecule has 0 spiro atoms. The summed E-state index contributed by atoms with van der Waals surface area (Å²) in [6, 6.07) is 21.0. The van der Waals surface area contributed by atoms with E-state index in [4.69, 9.17) is 4.74 Å². The Bertz CT molecular complexity index is 1130. The van der Waals surface area contributed by atoms with Crippen LogP contribution >= 0.6 is 11.8 Å². The van der Waals surface area contributed by atoms with Gasteiger partial charge in [0.2, 0.25) is 5.91 Å². The van der Waals surface area contributed by atoms with Gasteiger partial charge in [-0.05, 0) is 48.4 Å². The summed E-state index contributed by atoms with van der Waals surface area (Å²) in [7, 11) is 1.62. The van der Waals surface area contributed by atoms with E-state index in [1.807, 2.05) is 30.3 Å². The lowest BCUT2D eigenvalue weighted by atomic mass is 10.1. The number of ether oxygens (including phenoxy) is 1. The van der Waals surface area contributed by atoms with Gasteiger partial charge >= 0.3 is 0 Å². The first-order chi connectivity index (χ1) is 16.0. The minimum absolute atomic E-state index is 0.0882. The maximum atomic E-state index is 12.6. The first-order valence-corrected chi connectivity index (χ1v) is 11.9. The number of aryl methyl sites for hydroxylation is 1. The number of carbonyl (C=O) groups excluding carboxylic acids is 2. The van der Waals surface area contributed by atoms with Crippen LogP contribution in [-0.4, -0.2) is 30.7 Å². The first-order valence-electron chi connectivity index (χ1n) is 10.8. The molecule has 0 radical (unpaired) electrons. The van der Waals surface area contributed by atoms with Crippen LogP contribution in [0.5, 0.6) is 5.75 Å². The second-order valence-electron chi connectivity index (χ2n) is 7.98.